The monoisotopic (exact) mass is 234 g/mol. The molecule has 1 amide bonds. The van der Waals surface area contributed by atoms with Gasteiger partial charge in [-0.05, 0) is 6.92 Å². The molecule has 0 aromatic rings. The number of nitrogens with one attached hydrogen (secondary N) is 1. The van der Waals surface area contributed by atoms with Crippen molar-refractivity contribution in [2.75, 3.05) is 26.7 Å². The normalized spacial score (nSPS) is 9.58. The van der Waals surface area contributed by atoms with E-state index in [1.54, 1.807) is 11.9 Å². The molecule has 0 aliphatic rings. The number of hydrogen-bond acceptors (Lipinski definition) is 2. The molecular weight excluding hydrogens is 220 g/mol. The highest BCUT2D eigenvalue weighted by atomic mass is 79.9. The fourth-order valence-electron chi connectivity index (χ4n) is 0.616. The molecule has 0 saturated heterocycles. The predicted molar refractivity (Wildman–Crippen MR) is 54.2 cm³/mol. The lowest BCUT2D eigenvalue weighted by Gasteiger charge is -2.14. The quantitative estimate of drug-likeness (QED) is 0.769. The van der Waals surface area contributed by atoms with Crippen molar-refractivity contribution in [1.82, 2.24) is 10.2 Å². The number of carbonyl (C=O) groups excluding carboxylic acids is 1. The largest absolute Gasteiger partial charge is 0.345 e. The van der Waals surface area contributed by atoms with Crippen molar-refractivity contribution in [3.05, 3.63) is 11.1 Å². The van der Waals surface area contributed by atoms with Crippen molar-refractivity contribution in [1.29, 1.82) is 0 Å². The van der Waals surface area contributed by atoms with E-state index in [9.17, 15) is 4.79 Å². The Kier molecular flexibility index (Phi) is 6.02. The van der Waals surface area contributed by atoms with E-state index < -0.39 is 0 Å². The highest BCUT2D eigenvalue weighted by Crippen LogP contribution is 1.96. The van der Waals surface area contributed by atoms with Gasteiger partial charge in [-0.1, -0.05) is 22.5 Å². The van der Waals surface area contributed by atoms with E-state index in [1.165, 1.54) is 0 Å². The van der Waals surface area contributed by atoms with E-state index in [1.807, 2.05) is 6.92 Å². The maximum absolute atomic E-state index is 11.2. The molecule has 0 atom stereocenters. The zero-order valence-corrected chi connectivity index (χ0v) is 9.15. The lowest BCUT2D eigenvalue weighted by Crippen LogP contribution is -2.35. The summed E-state index contributed by atoms with van der Waals surface area (Å²) in [6.45, 7) is 7.34. The minimum absolute atomic E-state index is 0.103. The average molecular weight is 235 g/mol. The number of nitrogens with zero attached hydrogens (tertiary/aromatic N) is 1. The van der Waals surface area contributed by atoms with Crippen molar-refractivity contribution in [2.45, 2.75) is 6.92 Å². The Morgan fingerprint density at radius 2 is 2.17 bits per heavy atom. The van der Waals surface area contributed by atoms with Gasteiger partial charge in [-0.25, -0.2) is 0 Å². The number of rotatable bonds is 5. The van der Waals surface area contributed by atoms with Gasteiger partial charge in [0, 0.05) is 24.6 Å². The fraction of sp³-hybridized carbons (Fsp3) is 0.625. The topological polar surface area (TPSA) is 32.3 Å². The maximum Gasteiger partial charge on any atom is 0.236 e. The third-order valence-electron chi connectivity index (χ3n) is 1.49. The Bertz CT molecular complexity index is 170. The second-order valence-corrected chi connectivity index (χ2v) is 3.65. The van der Waals surface area contributed by atoms with Crippen LogP contribution in [0.5, 0.6) is 0 Å². The Hall–Kier alpha value is -0.350. The van der Waals surface area contributed by atoms with Crippen LogP contribution < -0.4 is 5.32 Å². The highest BCUT2D eigenvalue weighted by Gasteiger charge is 2.04. The molecule has 4 heteroatoms. The molecule has 1 N–H and O–H groups in total. The van der Waals surface area contributed by atoms with Crippen LogP contribution in [0.15, 0.2) is 11.1 Å². The predicted octanol–water partition coefficient (Wildman–Crippen LogP) is 0.963. The molecule has 0 aromatic heterocycles. The molecule has 0 saturated carbocycles. The second-order valence-electron chi connectivity index (χ2n) is 2.53. The SMILES string of the molecule is C=C(Br)CNCC(=O)N(C)CC. The van der Waals surface area contributed by atoms with Crippen LogP contribution >= 0.6 is 15.9 Å². The fourth-order valence-corrected chi connectivity index (χ4v) is 0.815. The molecule has 0 fully saturated rings. The van der Waals surface area contributed by atoms with Crippen molar-refractivity contribution < 1.29 is 4.79 Å². The first kappa shape index (κ1) is 11.6. The summed E-state index contributed by atoms with van der Waals surface area (Å²) in [6.07, 6.45) is 0. The number of amides is 1. The number of likely N-dealkylation sites (N-methyl/N-ethyl adjacent to an activating group) is 1. The van der Waals surface area contributed by atoms with Gasteiger partial charge in [0.05, 0.1) is 6.54 Å². The van der Waals surface area contributed by atoms with Gasteiger partial charge in [0.15, 0.2) is 0 Å². The Labute approximate surface area is 81.9 Å². The first-order chi connectivity index (χ1) is 5.57. The van der Waals surface area contributed by atoms with Crippen molar-refractivity contribution >= 4 is 21.8 Å². The summed E-state index contributed by atoms with van der Waals surface area (Å²) >= 11 is 3.20. The van der Waals surface area contributed by atoms with Crippen LogP contribution in [0.1, 0.15) is 6.92 Å². The number of halogens is 1. The Morgan fingerprint density at radius 3 is 2.58 bits per heavy atom. The zero-order chi connectivity index (χ0) is 9.56. The second kappa shape index (κ2) is 6.20. The van der Waals surface area contributed by atoms with Crippen molar-refractivity contribution in [3.8, 4) is 0 Å². The number of carbonyl (C=O) groups is 1. The Balaban J connectivity index is 3.50. The van der Waals surface area contributed by atoms with Crippen LogP contribution in [0.2, 0.25) is 0 Å². The third kappa shape index (κ3) is 5.32. The Morgan fingerprint density at radius 1 is 1.58 bits per heavy atom. The van der Waals surface area contributed by atoms with E-state index in [0.29, 0.717) is 13.1 Å². The van der Waals surface area contributed by atoms with Gasteiger partial charge in [-0.2, -0.15) is 0 Å². The van der Waals surface area contributed by atoms with E-state index >= 15 is 0 Å². The minimum atomic E-state index is 0.103. The van der Waals surface area contributed by atoms with E-state index in [0.717, 1.165) is 11.0 Å². The van der Waals surface area contributed by atoms with Crippen LogP contribution in [0.3, 0.4) is 0 Å². The molecule has 0 spiro atoms. The van der Waals surface area contributed by atoms with Crippen LogP contribution in [0, 0.1) is 0 Å². The molecule has 0 aliphatic carbocycles. The van der Waals surface area contributed by atoms with Crippen molar-refractivity contribution in [2.24, 2.45) is 0 Å². The molecule has 0 bridgehead atoms. The molecular formula is C8H15BrN2O. The highest BCUT2D eigenvalue weighted by molar-refractivity contribution is 9.11. The molecule has 0 aromatic carbocycles. The van der Waals surface area contributed by atoms with Gasteiger partial charge in [0.1, 0.15) is 0 Å². The minimum Gasteiger partial charge on any atom is -0.345 e. The van der Waals surface area contributed by atoms with Gasteiger partial charge in [0.25, 0.3) is 0 Å². The average Bonchev–Trinajstić information content (AvgIpc) is 2.02. The van der Waals surface area contributed by atoms with E-state index in [-0.39, 0.29) is 5.91 Å². The van der Waals surface area contributed by atoms with Crippen LogP contribution in [0.25, 0.3) is 0 Å². The van der Waals surface area contributed by atoms with Gasteiger partial charge in [-0.15, -0.1) is 0 Å². The molecule has 0 radical (unpaired) electrons. The van der Waals surface area contributed by atoms with E-state index in [2.05, 4.69) is 27.8 Å². The summed E-state index contributed by atoms with van der Waals surface area (Å²) in [5, 5.41) is 2.96. The van der Waals surface area contributed by atoms with Gasteiger partial charge >= 0.3 is 0 Å². The third-order valence-corrected chi connectivity index (χ3v) is 1.77. The lowest BCUT2D eigenvalue weighted by molar-refractivity contribution is -0.128. The summed E-state index contributed by atoms with van der Waals surface area (Å²) in [6, 6.07) is 0. The summed E-state index contributed by atoms with van der Waals surface area (Å²) in [7, 11) is 1.78. The van der Waals surface area contributed by atoms with Gasteiger partial charge < -0.3 is 10.2 Å². The van der Waals surface area contributed by atoms with Crippen molar-refractivity contribution in [3.63, 3.8) is 0 Å². The van der Waals surface area contributed by atoms with Crippen LogP contribution in [-0.2, 0) is 4.79 Å². The van der Waals surface area contributed by atoms with E-state index in [4.69, 9.17) is 0 Å². The summed E-state index contributed by atoms with van der Waals surface area (Å²) in [4.78, 5) is 12.8. The first-order valence-corrected chi connectivity index (χ1v) is 4.65. The zero-order valence-electron chi connectivity index (χ0n) is 7.56. The lowest BCUT2D eigenvalue weighted by atomic mass is 10.5. The molecule has 3 nitrogen and oxygen atoms in total. The van der Waals surface area contributed by atoms with Gasteiger partial charge in [-0.3, -0.25) is 4.79 Å². The first-order valence-electron chi connectivity index (χ1n) is 3.86. The summed E-state index contributed by atoms with van der Waals surface area (Å²) in [5.41, 5.74) is 0. The van der Waals surface area contributed by atoms with Gasteiger partial charge in [0.2, 0.25) is 5.91 Å². The molecule has 0 unspecified atom stereocenters. The molecule has 12 heavy (non-hydrogen) atoms. The molecule has 0 heterocycles. The molecule has 0 rings (SSSR count). The standard InChI is InChI=1S/C8H15BrN2O/c1-4-11(3)8(12)6-10-5-7(2)9/h10H,2,4-6H2,1,3H3. The number of hydrogen-bond donors (Lipinski definition) is 1. The van der Waals surface area contributed by atoms with Crippen LogP contribution in [-0.4, -0.2) is 37.5 Å². The summed E-state index contributed by atoms with van der Waals surface area (Å²) < 4.78 is 0.856. The van der Waals surface area contributed by atoms with Crippen LogP contribution in [0.4, 0.5) is 0 Å². The molecule has 70 valence electrons. The summed E-state index contributed by atoms with van der Waals surface area (Å²) in [5.74, 6) is 0.103. The molecule has 0 aliphatic heterocycles. The maximum atomic E-state index is 11.2. The smallest absolute Gasteiger partial charge is 0.236 e.